The molecule has 2 aliphatic heterocycles. The van der Waals surface area contributed by atoms with E-state index in [1.54, 1.807) is 0 Å². The number of fused-ring (bicyclic) bond motifs is 1. The van der Waals surface area contributed by atoms with Crippen molar-refractivity contribution >= 4 is 0 Å². The van der Waals surface area contributed by atoms with Crippen molar-refractivity contribution in [2.24, 2.45) is 0 Å². The lowest BCUT2D eigenvalue weighted by Gasteiger charge is -2.35. The summed E-state index contributed by atoms with van der Waals surface area (Å²) >= 11 is 0. The summed E-state index contributed by atoms with van der Waals surface area (Å²) in [6.45, 7) is 10.2. The predicted molar refractivity (Wildman–Crippen MR) is 112 cm³/mol. The van der Waals surface area contributed by atoms with Gasteiger partial charge in [0.2, 0.25) is 6.79 Å². The summed E-state index contributed by atoms with van der Waals surface area (Å²) in [5, 5.41) is 10.4. The van der Waals surface area contributed by atoms with E-state index in [0.717, 1.165) is 55.5 Å². The molecule has 0 amide bonds. The van der Waals surface area contributed by atoms with E-state index in [4.69, 9.17) is 14.2 Å². The Morgan fingerprint density at radius 3 is 2.59 bits per heavy atom. The molecule has 1 N–H and O–H groups in total. The third kappa shape index (κ3) is 5.01. The summed E-state index contributed by atoms with van der Waals surface area (Å²) in [5.41, 5.74) is 3.58. The highest BCUT2D eigenvalue weighted by Crippen LogP contribution is 2.32. The number of hydrogen-bond donors (Lipinski definition) is 1. The van der Waals surface area contributed by atoms with Crippen molar-refractivity contribution in [3.05, 3.63) is 53.1 Å². The number of benzene rings is 2. The third-order valence-electron chi connectivity index (χ3n) is 5.76. The fourth-order valence-corrected chi connectivity index (χ4v) is 3.84. The van der Waals surface area contributed by atoms with Gasteiger partial charge in [0.1, 0.15) is 18.5 Å². The second-order valence-corrected chi connectivity index (χ2v) is 7.93. The Hall–Kier alpha value is -2.28. The van der Waals surface area contributed by atoms with Crippen LogP contribution in [-0.4, -0.2) is 67.1 Å². The highest BCUT2D eigenvalue weighted by molar-refractivity contribution is 5.44. The van der Waals surface area contributed by atoms with Gasteiger partial charge in [-0.2, -0.15) is 0 Å². The molecule has 1 saturated heterocycles. The Morgan fingerprint density at radius 1 is 1.00 bits per heavy atom. The molecule has 2 aromatic carbocycles. The minimum atomic E-state index is -0.490. The summed E-state index contributed by atoms with van der Waals surface area (Å²) in [7, 11) is 0. The summed E-state index contributed by atoms with van der Waals surface area (Å²) in [4.78, 5) is 4.75. The predicted octanol–water partition coefficient (Wildman–Crippen LogP) is 2.59. The van der Waals surface area contributed by atoms with Crippen LogP contribution in [0.5, 0.6) is 17.2 Å². The van der Waals surface area contributed by atoms with E-state index >= 15 is 0 Å². The third-order valence-corrected chi connectivity index (χ3v) is 5.76. The zero-order chi connectivity index (χ0) is 20.2. The Labute approximate surface area is 172 Å². The molecule has 0 unspecified atom stereocenters. The first kappa shape index (κ1) is 20.0. The zero-order valence-corrected chi connectivity index (χ0v) is 17.3. The first-order chi connectivity index (χ1) is 14.1. The van der Waals surface area contributed by atoms with Crippen molar-refractivity contribution in [2.75, 3.05) is 46.1 Å². The van der Waals surface area contributed by atoms with Crippen LogP contribution < -0.4 is 14.2 Å². The molecule has 6 nitrogen and oxygen atoms in total. The molecule has 2 aromatic rings. The van der Waals surface area contributed by atoms with Gasteiger partial charge >= 0.3 is 0 Å². The number of rotatable bonds is 7. The molecular weight excluding hydrogens is 368 g/mol. The normalized spacial score (nSPS) is 18.0. The molecule has 4 rings (SSSR count). The van der Waals surface area contributed by atoms with Gasteiger partial charge in [-0.1, -0.05) is 18.2 Å². The number of aryl methyl sites for hydroxylation is 1. The van der Waals surface area contributed by atoms with Crippen LogP contribution in [0.3, 0.4) is 0 Å². The van der Waals surface area contributed by atoms with Crippen LogP contribution in [-0.2, 0) is 6.54 Å². The molecule has 0 aromatic heterocycles. The maximum atomic E-state index is 10.4. The molecule has 2 aliphatic rings. The van der Waals surface area contributed by atoms with Crippen molar-refractivity contribution < 1.29 is 19.3 Å². The van der Waals surface area contributed by atoms with Gasteiger partial charge in [0.15, 0.2) is 11.5 Å². The fraction of sp³-hybridized carbons (Fsp3) is 0.478. The van der Waals surface area contributed by atoms with Crippen molar-refractivity contribution in [3.63, 3.8) is 0 Å². The molecule has 0 bridgehead atoms. The minimum absolute atomic E-state index is 0.312. The Bertz CT molecular complexity index is 834. The van der Waals surface area contributed by atoms with Crippen LogP contribution >= 0.6 is 0 Å². The average molecular weight is 399 g/mol. The Balaban J connectivity index is 1.20. The first-order valence-corrected chi connectivity index (χ1v) is 10.3. The fourth-order valence-electron chi connectivity index (χ4n) is 3.84. The molecule has 1 fully saturated rings. The van der Waals surface area contributed by atoms with E-state index in [1.165, 1.54) is 11.1 Å². The van der Waals surface area contributed by atoms with Gasteiger partial charge in [0.05, 0.1) is 0 Å². The van der Waals surface area contributed by atoms with Crippen LogP contribution in [0.1, 0.15) is 16.7 Å². The summed E-state index contributed by atoms with van der Waals surface area (Å²) in [6.07, 6.45) is -0.490. The number of ether oxygens (including phenoxy) is 3. The van der Waals surface area contributed by atoms with Crippen molar-refractivity contribution in [1.82, 2.24) is 9.80 Å². The minimum Gasteiger partial charge on any atom is -0.491 e. The SMILES string of the molecule is Cc1cccc(OC[C@@H](O)CN2CCN(Cc3ccc4c(c3)OCO4)CC2)c1C. The highest BCUT2D eigenvalue weighted by Gasteiger charge is 2.21. The van der Waals surface area contributed by atoms with E-state index in [0.29, 0.717) is 19.9 Å². The lowest BCUT2D eigenvalue weighted by atomic mass is 10.1. The summed E-state index contributed by atoms with van der Waals surface area (Å²) in [6, 6.07) is 12.2. The quantitative estimate of drug-likeness (QED) is 0.774. The van der Waals surface area contributed by atoms with Gasteiger partial charge in [0.25, 0.3) is 0 Å². The standard InChI is InChI=1S/C23H30N2O4/c1-17-4-3-5-21(18(17)2)27-15-20(26)14-25-10-8-24(9-11-25)13-19-6-7-22-23(12-19)29-16-28-22/h3-7,12,20,26H,8-11,13-16H2,1-2H3/t20-/m0/s1. The van der Waals surface area contributed by atoms with Crippen LogP contribution in [0.2, 0.25) is 0 Å². The maximum Gasteiger partial charge on any atom is 0.231 e. The molecule has 6 heteroatoms. The Morgan fingerprint density at radius 2 is 1.76 bits per heavy atom. The molecule has 29 heavy (non-hydrogen) atoms. The molecule has 0 aliphatic carbocycles. The lowest BCUT2D eigenvalue weighted by Crippen LogP contribution is -2.48. The van der Waals surface area contributed by atoms with E-state index in [-0.39, 0.29) is 0 Å². The zero-order valence-electron chi connectivity index (χ0n) is 17.3. The van der Waals surface area contributed by atoms with Crippen LogP contribution in [0.25, 0.3) is 0 Å². The number of β-amino-alcohol motifs (C(OH)–C–C–N with tert-alkyl or cyclic N) is 1. The molecule has 0 radical (unpaired) electrons. The van der Waals surface area contributed by atoms with Crippen molar-refractivity contribution in [2.45, 2.75) is 26.5 Å². The average Bonchev–Trinajstić information content (AvgIpc) is 3.18. The molecule has 2 heterocycles. The smallest absolute Gasteiger partial charge is 0.231 e. The number of nitrogens with zero attached hydrogens (tertiary/aromatic N) is 2. The molecule has 1 atom stereocenters. The van der Waals surface area contributed by atoms with Crippen molar-refractivity contribution in [3.8, 4) is 17.2 Å². The van der Waals surface area contributed by atoms with Crippen molar-refractivity contribution in [1.29, 1.82) is 0 Å². The second-order valence-electron chi connectivity index (χ2n) is 7.93. The Kier molecular flexibility index (Phi) is 6.23. The van der Waals surface area contributed by atoms with Gasteiger partial charge in [-0.05, 0) is 48.7 Å². The van der Waals surface area contributed by atoms with E-state index in [1.807, 2.05) is 18.2 Å². The van der Waals surface area contributed by atoms with Gasteiger partial charge < -0.3 is 19.3 Å². The molecule has 0 saturated carbocycles. The van der Waals surface area contributed by atoms with Crippen LogP contribution in [0.15, 0.2) is 36.4 Å². The molecule has 0 spiro atoms. The number of piperazine rings is 1. The van der Waals surface area contributed by atoms with Gasteiger partial charge in [-0.3, -0.25) is 9.80 Å². The van der Waals surface area contributed by atoms with Gasteiger partial charge in [0, 0.05) is 39.3 Å². The number of aliphatic hydroxyl groups is 1. The maximum absolute atomic E-state index is 10.4. The second kappa shape index (κ2) is 9.03. The van der Waals surface area contributed by atoms with E-state index < -0.39 is 6.10 Å². The lowest BCUT2D eigenvalue weighted by molar-refractivity contribution is 0.0444. The number of hydrogen-bond acceptors (Lipinski definition) is 6. The summed E-state index contributed by atoms with van der Waals surface area (Å²) in [5.74, 6) is 2.53. The van der Waals surface area contributed by atoms with Crippen LogP contribution in [0.4, 0.5) is 0 Å². The molecular formula is C23H30N2O4. The number of aliphatic hydroxyl groups excluding tert-OH is 1. The van der Waals surface area contributed by atoms with Gasteiger partial charge in [-0.15, -0.1) is 0 Å². The monoisotopic (exact) mass is 398 g/mol. The topological polar surface area (TPSA) is 54.4 Å². The summed E-state index contributed by atoms with van der Waals surface area (Å²) < 4.78 is 16.7. The van der Waals surface area contributed by atoms with E-state index in [2.05, 4.69) is 41.8 Å². The highest BCUT2D eigenvalue weighted by atomic mass is 16.7. The van der Waals surface area contributed by atoms with Gasteiger partial charge in [-0.25, -0.2) is 0 Å². The van der Waals surface area contributed by atoms with Crippen LogP contribution in [0, 0.1) is 13.8 Å². The molecule has 156 valence electrons. The largest absolute Gasteiger partial charge is 0.491 e. The first-order valence-electron chi connectivity index (χ1n) is 10.3. The van der Waals surface area contributed by atoms with E-state index in [9.17, 15) is 5.11 Å².